The van der Waals surface area contributed by atoms with Crippen LogP contribution < -0.4 is 15.1 Å². The average Bonchev–Trinajstić information content (AvgIpc) is 2.84. The number of hydrogen-bond donors (Lipinski definition) is 1. The van der Waals surface area contributed by atoms with E-state index in [1.54, 1.807) is 0 Å². The van der Waals surface area contributed by atoms with Crippen molar-refractivity contribution < 1.29 is 8.98 Å². The molecule has 0 saturated heterocycles. The standard InChI is InChI=1S/C31H38BrNO2SSi/c1-30(2,3)36(34)33-27(21-20-25-14-13-15-26(32)24-25)22-23-35-37(31(4,5)6,28-16-9-7-10-17-28)29-18-11-8-12-19-29/h7-19,24,27,33H,22-23H2,1-6H3/t27-,36-/m1/s1. The van der Waals surface area contributed by atoms with Crippen LogP contribution in [0.1, 0.15) is 53.5 Å². The largest absolute Gasteiger partial charge is 0.598 e. The molecule has 196 valence electrons. The van der Waals surface area contributed by atoms with Crippen LogP contribution in [0.15, 0.2) is 89.4 Å². The molecule has 0 aliphatic rings. The van der Waals surface area contributed by atoms with Crippen molar-refractivity contribution in [2.75, 3.05) is 6.61 Å². The summed E-state index contributed by atoms with van der Waals surface area (Å²) in [5.41, 5.74) is 0.913. The summed E-state index contributed by atoms with van der Waals surface area (Å²) >= 11 is 2.27. The smallest absolute Gasteiger partial charge is 0.261 e. The molecule has 6 heteroatoms. The molecule has 1 N–H and O–H groups in total. The lowest BCUT2D eigenvalue weighted by Gasteiger charge is -2.43. The van der Waals surface area contributed by atoms with E-state index in [1.807, 2.05) is 45.0 Å². The molecule has 2 atom stereocenters. The summed E-state index contributed by atoms with van der Waals surface area (Å²) in [7, 11) is -2.65. The van der Waals surface area contributed by atoms with Gasteiger partial charge in [-0.25, -0.2) is 0 Å². The number of hydrogen-bond acceptors (Lipinski definition) is 3. The summed E-state index contributed by atoms with van der Waals surface area (Å²) < 4.78 is 23.9. The van der Waals surface area contributed by atoms with Crippen molar-refractivity contribution in [3.63, 3.8) is 0 Å². The van der Waals surface area contributed by atoms with Crippen molar-refractivity contribution in [3.05, 3.63) is 95.0 Å². The fraction of sp³-hybridized carbons (Fsp3) is 0.355. The predicted molar refractivity (Wildman–Crippen MR) is 164 cm³/mol. The average molecular weight is 597 g/mol. The van der Waals surface area contributed by atoms with Crippen LogP contribution >= 0.6 is 15.9 Å². The van der Waals surface area contributed by atoms with Crippen molar-refractivity contribution in [2.45, 2.75) is 63.8 Å². The highest BCUT2D eigenvalue weighted by Gasteiger charge is 2.50. The zero-order valence-corrected chi connectivity index (χ0v) is 26.1. The van der Waals surface area contributed by atoms with Gasteiger partial charge in [-0.1, -0.05) is 115 Å². The Kier molecular flexibility index (Phi) is 10.3. The molecule has 3 aromatic rings. The molecular weight excluding hydrogens is 558 g/mol. The van der Waals surface area contributed by atoms with Crippen LogP contribution in [0.5, 0.6) is 0 Å². The van der Waals surface area contributed by atoms with Gasteiger partial charge in [-0.2, -0.15) is 0 Å². The van der Waals surface area contributed by atoms with E-state index >= 15 is 0 Å². The molecule has 0 bridgehead atoms. The molecule has 0 amide bonds. The summed E-state index contributed by atoms with van der Waals surface area (Å²) in [6.07, 6.45) is 0.618. The molecule has 0 fully saturated rings. The minimum Gasteiger partial charge on any atom is -0.598 e. The quantitative estimate of drug-likeness (QED) is 0.192. The van der Waals surface area contributed by atoms with E-state index in [9.17, 15) is 4.55 Å². The fourth-order valence-corrected chi connectivity index (χ4v) is 10.1. The first kappa shape index (κ1) is 29.7. The lowest BCUT2D eigenvalue weighted by atomic mass is 10.2. The van der Waals surface area contributed by atoms with Gasteiger partial charge in [0.25, 0.3) is 8.32 Å². The maximum Gasteiger partial charge on any atom is 0.261 e. The minimum atomic E-state index is -2.65. The molecule has 3 rings (SSSR count). The molecule has 37 heavy (non-hydrogen) atoms. The topological polar surface area (TPSA) is 44.3 Å². The van der Waals surface area contributed by atoms with E-state index in [0.29, 0.717) is 13.0 Å². The van der Waals surface area contributed by atoms with Gasteiger partial charge in [0.1, 0.15) is 10.8 Å². The molecular formula is C31H38BrNO2SSi. The zero-order chi connectivity index (χ0) is 27.1. The Bertz CT molecular complexity index is 1160. The molecule has 0 heterocycles. The minimum absolute atomic E-state index is 0.102. The van der Waals surface area contributed by atoms with Gasteiger partial charge < -0.3 is 8.98 Å². The lowest BCUT2D eigenvalue weighted by molar-refractivity contribution is 0.285. The summed E-state index contributed by atoms with van der Waals surface area (Å²) in [4.78, 5) is 0. The van der Waals surface area contributed by atoms with E-state index in [2.05, 4.69) is 114 Å². The summed E-state index contributed by atoms with van der Waals surface area (Å²) in [5.74, 6) is 6.59. The first-order valence-electron chi connectivity index (χ1n) is 12.6. The van der Waals surface area contributed by atoms with Crippen LogP contribution in [-0.4, -0.2) is 30.3 Å². The summed E-state index contributed by atoms with van der Waals surface area (Å²) in [6, 6.07) is 28.9. The highest BCUT2D eigenvalue weighted by molar-refractivity contribution is 9.10. The first-order valence-corrected chi connectivity index (χ1v) is 16.5. The first-order chi connectivity index (χ1) is 17.4. The normalized spacial score (nSPS) is 13.9. The molecule has 3 aromatic carbocycles. The maximum absolute atomic E-state index is 13.0. The predicted octanol–water partition coefficient (Wildman–Crippen LogP) is 6.19. The van der Waals surface area contributed by atoms with Gasteiger partial charge in [0.15, 0.2) is 0 Å². The Balaban J connectivity index is 1.93. The van der Waals surface area contributed by atoms with Crippen molar-refractivity contribution in [3.8, 4) is 11.8 Å². The number of nitrogens with one attached hydrogen (secondary N) is 1. The molecule has 0 aliphatic carbocycles. The second-order valence-corrected chi connectivity index (χ2v) is 18.4. The van der Waals surface area contributed by atoms with E-state index in [4.69, 9.17) is 4.43 Å². The van der Waals surface area contributed by atoms with Crippen LogP contribution in [0.3, 0.4) is 0 Å². The van der Waals surface area contributed by atoms with Gasteiger partial charge in [-0.3, -0.25) is 0 Å². The third-order valence-electron chi connectivity index (χ3n) is 6.16. The van der Waals surface area contributed by atoms with Gasteiger partial charge in [0.2, 0.25) is 0 Å². The van der Waals surface area contributed by atoms with Gasteiger partial charge in [-0.05, 0) is 54.4 Å². The van der Waals surface area contributed by atoms with Gasteiger partial charge in [0, 0.05) is 34.4 Å². The molecule has 3 nitrogen and oxygen atoms in total. The Morgan fingerprint density at radius 1 is 0.892 bits per heavy atom. The van der Waals surface area contributed by atoms with Gasteiger partial charge in [0.05, 0.1) is 0 Å². The van der Waals surface area contributed by atoms with Crippen molar-refractivity contribution in [1.29, 1.82) is 0 Å². The monoisotopic (exact) mass is 595 g/mol. The molecule has 0 aliphatic heterocycles. The Morgan fingerprint density at radius 2 is 1.46 bits per heavy atom. The van der Waals surface area contributed by atoms with Gasteiger partial charge in [-0.15, -0.1) is 4.72 Å². The highest BCUT2D eigenvalue weighted by Crippen LogP contribution is 2.36. The molecule has 0 spiro atoms. The summed E-state index contributed by atoms with van der Waals surface area (Å²) in [6.45, 7) is 13.2. The van der Waals surface area contributed by atoms with Gasteiger partial charge >= 0.3 is 0 Å². The van der Waals surface area contributed by atoms with Crippen LogP contribution in [-0.2, 0) is 15.8 Å². The van der Waals surface area contributed by atoms with Crippen LogP contribution in [0.2, 0.25) is 5.04 Å². The summed E-state index contributed by atoms with van der Waals surface area (Å²) in [5, 5.41) is 2.39. The van der Waals surface area contributed by atoms with Crippen molar-refractivity contribution >= 4 is 46.0 Å². The van der Waals surface area contributed by atoms with Crippen LogP contribution in [0.4, 0.5) is 0 Å². The highest BCUT2D eigenvalue weighted by atomic mass is 79.9. The second kappa shape index (κ2) is 12.8. The van der Waals surface area contributed by atoms with E-state index in [0.717, 1.165) is 10.0 Å². The molecule has 0 radical (unpaired) electrons. The third-order valence-corrected chi connectivity index (χ3v) is 13.3. The molecule has 0 unspecified atom stereocenters. The number of halogens is 1. The van der Waals surface area contributed by atoms with Crippen LogP contribution in [0.25, 0.3) is 0 Å². The third kappa shape index (κ3) is 7.83. The van der Waals surface area contributed by atoms with E-state index in [-0.39, 0.29) is 11.1 Å². The Labute approximate surface area is 236 Å². The number of benzene rings is 3. The van der Waals surface area contributed by atoms with E-state index < -0.39 is 24.4 Å². The Morgan fingerprint density at radius 3 is 1.95 bits per heavy atom. The Hall–Kier alpha value is -1.85. The molecule has 0 saturated carbocycles. The van der Waals surface area contributed by atoms with Crippen molar-refractivity contribution in [2.24, 2.45) is 0 Å². The second-order valence-electron chi connectivity index (χ2n) is 11.1. The maximum atomic E-state index is 13.0. The fourth-order valence-electron chi connectivity index (χ4n) is 4.29. The van der Waals surface area contributed by atoms with Crippen molar-refractivity contribution in [1.82, 2.24) is 4.72 Å². The lowest BCUT2D eigenvalue weighted by Crippen LogP contribution is -2.66. The van der Waals surface area contributed by atoms with Crippen LogP contribution in [0, 0.1) is 11.8 Å². The number of rotatable bonds is 8. The SMILES string of the molecule is CC(C)(C)[S@@+]([O-])N[C@H](C#Cc1cccc(Br)c1)CCO[Si](c1ccccc1)(c1ccccc1)C(C)(C)C. The zero-order valence-electron chi connectivity index (χ0n) is 22.7. The molecule has 0 aromatic heterocycles. The van der Waals surface area contributed by atoms with E-state index in [1.165, 1.54) is 10.4 Å².